The first-order valence-electron chi connectivity index (χ1n) is 7.39. The normalized spacial score (nSPS) is 9.48. The highest BCUT2D eigenvalue weighted by molar-refractivity contribution is 5.27. The van der Waals surface area contributed by atoms with E-state index in [1.54, 1.807) is 0 Å². The lowest BCUT2D eigenvalue weighted by atomic mass is 10.1. The van der Waals surface area contributed by atoms with Gasteiger partial charge in [0.1, 0.15) is 24.7 Å². The molecule has 0 aliphatic rings. The molecular weight excluding hydrogens is 264 g/mol. The Kier molecular flexibility index (Phi) is 8.73. The number of hydrogen-bond acceptors (Lipinski definition) is 3. The van der Waals surface area contributed by atoms with Gasteiger partial charge in [-0.15, -0.1) is 0 Å². The van der Waals surface area contributed by atoms with Crippen LogP contribution in [-0.4, -0.2) is 24.9 Å². The molecule has 0 unspecified atom stereocenters. The topological polar surface area (TPSA) is 38.7 Å². The van der Waals surface area contributed by atoms with Crippen LogP contribution < -0.4 is 9.47 Å². The van der Waals surface area contributed by atoms with Crippen LogP contribution in [0.3, 0.4) is 0 Å². The Morgan fingerprint density at radius 2 is 1.29 bits per heavy atom. The fourth-order valence-corrected chi connectivity index (χ4v) is 1.72. The first-order chi connectivity index (χ1) is 10.4. The zero-order valence-corrected chi connectivity index (χ0v) is 12.8. The maximum atomic E-state index is 8.82. The van der Waals surface area contributed by atoms with Crippen molar-refractivity contribution in [2.24, 2.45) is 0 Å². The van der Waals surface area contributed by atoms with E-state index in [1.807, 2.05) is 68.4 Å². The summed E-state index contributed by atoms with van der Waals surface area (Å²) in [4.78, 5) is 0. The Hall–Kier alpha value is -2.00. The van der Waals surface area contributed by atoms with Crippen molar-refractivity contribution in [3.05, 3.63) is 60.2 Å². The summed E-state index contributed by atoms with van der Waals surface area (Å²) in [6, 6.07) is 17.4. The van der Waals surface area contributed by atoms with E-state index in [2.05, 4.69) is 0 Å². The van der Waals surface area contributed by atoms with Crippen molar-refractivity contribution < 1.29 is 14.6 Å². The van der Waals surface area contributed by atoms with E-state index >= 15 is 0 Å². The second kappa shape index (κ2) is 10.7. The van der Waals surface area contributed by atoms with Crippen LogP contribution >= 0.6 is 0 Å². The molecule has 0 heterocycles. The molecule has 0 saturated heterocycles. The summed E-state index contributed by atoms with van der Waals surface area (Å²) in [5.41, 5.74) is 1.11. The van der Waals surface area contributed by atoms with Gasteiger partial charge in [-0.3, -0.25) is 0 Å². The van der Waals surface area contributed by atoms with Gasteiger partial charge in [0.25, 0.3) is 0 Å². The van der Waals surface area contributed by atoms with Gasteiger partial charge >= 0.3 is 0 Å². The number of benzene rings is 2. The van der Waals surface area contributed by atoms with Crippen LogP contribution in [0.4, 0.5) is 0 Å². The average Bonchev–Trinajstić information content (AvgIpc) is 2.56. The van der Waals surface area contributed by atoms with E-state index < -0.39 is 0 Å². The smallest absolute Gasteiger partial charge is 0.122 e. The van der Waals surface area contributed by atoms with Crippen LogP contribution in [0.2, 0.25) is 0 Å². The Bertz CT molecular complexity index is 466. The predicted octanol–water partition coefficient (Wildman–Crippen LogP) is 3.71. The summed E-state index contributed by atoms with van der Waals surface area (Å²) in [7, 11) is 0. The zero-order valence-electron chi connectivity index (χ0n) is 12.8. The molecule has 2 aromatic rings. The Labute approximate surface area is 127 Å². The van der Waals surface area contributed by atoms with E-state index in [0.29, 0.717) is 19.6 Å². The SMILES string of the molecule is CC.OCCc1ccc(OCCOc2ccccc2)cc1. The van der Waals surface area contributed by atoms with Gasteiger partial charge in [0, 0.05) is 6.61 Å². The Morgan fingerprint density at radius 1 is 0.762 bits per heavy atom. The van der Waals surface area contributed by atoms with Crippen molar-refractivity contribution in [3.63, 3.8) is 0 Å². The molecule has 0 aliphatic heterocycles. The maximum Gasteiger partial charge on any atom is 0.122 e. The highest BCUT2D eigenvalue weighted by Gasteiger charge is 1.96. The van der Waals surface area contributed by atoms with Gasteiger partial charge in [-0.25, -0.2) is 0 Å². The van der Waals surface area contributed by atoms with E-state index in [-0.39, 0.29) is 6.61 Å². The van der Waals surface area contributed by atoms with E-state index in [0.717, 1.165) is 17.1 Å². The molecule has 2 rings (SSSR count). The quantitative estimate of drug-likeness (QED) is 0.789. The van der Waals surface area contributed by atoms with E-state index in [1.165, 1.54) is 0 Å². The molecule has 114 valence electrons. The molecule has 21 heavy (non-hydrogen) atoms. The lowest BCUT2D eigenvalue weighted by Gasteiger charge is -2.08. The van der Waals surface area contributed by atoms with E-state index in [9.17, 15) is 0 Å². The van der Waals surface area contributed by atoms with Crippen molar-refractivity contribution in [3.8, 4) is 11.5 Å². The first kappa shape index (κ1) is 17.1. The Balaban J connectivity index is 0.00000106. The first-order valence-corrected chi connectivity index (χ1v) is 7.39. The third-order valence-electron chi connectivity index (χ3n) is 2.69. The summed E-state index contributed by atoms with van der Waals surface area (Å²) in [6.07, 6.45) is 0.678. The van der Waals surface area contributed by atoms with Crippen molar-refractivity contribution in [2.75, 3.05) is 19.8 Å². The van der Waals surface area contributed by atoms with Crippen LogP contribution in [0.25, 0.3) is 0 Å². The van der Waals surface area contributed by atoms with Crippen LogP contribution in [0.5, 0.6) is 11.5 Å². The number of aliphatic hydroxyl groups excluding tert-OH is 1. The van der Waals surface area contributed by atoms with Gasteiger partial charge in [-0.1, -0.05) is 44.2 Å². The highest BCUT2D eigenvalue weighted by atomic mass is 16.5. The summed E-state index contributed by atoms with van der Waals surface area (Å²) in [5, 5.41) is 8.82. The predicted molar refractivity (Wildman–Crippen MR) is 86.0 cm³/mol. The van der Waals surface area contributed by atoms with Crippen molar-refractivity contribution >= 4 is 0 Å². The molecule has 2 aromatic carbocycles. The number of para-hydroxylation sites is 1. The van der Waals surface area contributed by atoms with Gasteiger partial charge in [0.05, 0.1) is 0 Å². The average molecular weight is 288 g/mol. The molecular formula is C18H24O3. The molecule has 1 N–H and O–H groups in total. The lowest BCUT2D eigenvalue weighted by molar-refractivity contribution is 0.217. The second-order valence-electron chi connectivity index (χ2n) is 4.13. The zero-order chi connectivity index (χ0) is 15.3. The van der Waals surface area contributed by atoms with E-state index in [4.69, 9.17) is 14.6 Å². The number of ether oxygens (including phenoxy) is 2. The third kappa shape index (κ3) is 6.82. The molecule has 3 nitrogen and oxygen atoms in total. The molecule has 0 bridgehead atoms. The standard InChI is InChI=1S/C16H18O3.C2H6/c17-11-10-14-6-8-16(9-7-14)19-13-12-18-15-4-2-1-3-5-15;1-2/h1-9,17H,10-13H2;1-2H3. The van der Waals surface area contributed by atoms with Crippen LogP contribution in [0, 0.1) is 0 Å². The molecule has 0 saturated carbocycles. The summed E-state index contributed by atoms with van der Waals surface area (Å²) in [5.74, 6) is 1.67. The molecule has 0 aromatic heterocycles. The van der Waals surface area contributed by atoms with Gasteiger partial charge < -0.3 is 14.6 Å². The minimum atomic E-state index is 0.172. The maximum absolute atomic E-state index is 8.82. The molecule has 3 heteroatoms. The third-order valence-corrected chi connectivity index (χ3v) is 2.69. The second-order valence-corrected chi connectivity index (χ2v) is 4.13. The van der Waals surface area contributed by atoms with Crippen LogP contribution in [0.15, 0.2) is 54.6 Å². The molecule has 0 aliphatic carbocycles. The lowest BCUT2D eigenvalue weighted by Crippen LogP contribution is -2.08. The van der Waals surface area contributed by atoms with Gasteiger partial charge in [-0.2, -0.15) is 0 Å². The van der Waals surface area contributed by atoms with Crippen LogP contribution in [-0.2, 0) is 6.42 Å². The van der Waals surface area contributed by atoms with Crippen molar-refractivity contribution in [1.82, 2.24) is 0 Å². The molecule has 0 fully saturated rings. The van der Waals surface area contributed by atoms with Crippen LogP contribution in [0.1, 0.15) is 19.4 Å². The molecule has 0 radical (unpaired) electrons. The fourth-order valence-electron chi connectivity index (χ4n) is 1.72. The molecule has 0 spiro atoms. The number of hydrogen-bond donors (Lipinski definition) is 1. The van der Waals surface area contributed by atoms with Gasteiger partial charge in [0.2, 0.25) is 0 Å². The monoisotopic (exact) mass is 288 g/mol. The minimum absolute atomic E-state index is 0.172. The fraction of sp³-hybridized carbons (Fsp3) is 0.333. The minimum Gasteiger partial charge on any atom is -0.490 e. The molecule has 0 atom stereocenters. The summed E-state index contributed by atoms with van der Waals surface area (Å²) < 4.78 is 11.1. The van der Waals surface area contributed by atoms with Gasteiger partial charge in [-0.05, 0) is 36.2 Å². The number of aliphatic hydroxyl groups is 1. The summed E-state index contributed by atoms with van der Waals surface area (Å²) >= 11 is 0. The molecule has 0 amide bonds. The number of rotatable bonds is 7. The van der Waals surface area contributed by atoms with Crippen molar-refractivity contribution in [2.45, 2.75) is 20.3 Å². The largest absolute Gasteiger partial charge is 0.490 e. The highest BCUT2D eigenvalue weighted by Crippen LogP contribution is 2.13. The van der Waals surface area contributed by atoms with Gasteiger partial charge in [0.15, 0.2) is 0 Å². The van der Waals surface area contributed by atoms with Crippen molar-refractivity contribution in [1.29, 1.82) is 0 Å². The summed E-state index contributed by atoms with van der Waals surface area (Å²) in [6.45, 7) is 5.20. The Morgan fingerprint density at radius 3 is 1.81 bits per heavy atom.